The predicted molar refractivity (Wildman–Crippen MR) is 121 cm³/mol. The maximum absolute atomic E-state index is 13.1. The zero-order valence-corrected chi connectivity index (χ0v) is 18.8. The number of nitrogens with zero attached hydrogens (tertiary/aromatic N) is 2. The van der Waals surface area contributed by atoms with Crippen LogP contribution < -0.4 is 25.0 Å². The first-order chi connectivity index (χ1) is 15.3. The number of hydrogen-bond donors (Lipinski definition) is 2. The normalized spacial score (nSPS) is 14.7. The number of carbonyl (C=O) groups excluding carboxylic acids is 1. The van der Waals surface area contributed by atoms with Gasteiger partial charge in [-0.05, 0) is 36.4 Å². The van der Waals surface area contributed by atoms with Gasteiger partial charge < -0.3 is 25.0 Å². The first-order valence-electron chi connectivity index (χ1n) is 10.1. The Kier molecular flexibility index (Phi) is 7.75. The van der Waals surface area contributed by atoms with Crippen molar-refractivity contribution >= 4 is 27.4 Å². The summed E-state index contributed by atoms with van der Waals surface area (Å²) in [5.74, 6) is 0.484. The van der Waals surface area contributed by atoms with Crippen LogP contribution in [-0.2, 0) is 10.0 Å². The fourth-order valence-corrected chi connectivity index (χ4v) is 4.73. The van der Waals surface area contributed by atoms with Crippen molar-refractivity contribution in [2.75, 3.05) is 62.9 Å². The largest absolute Gasteiger partial charge is 0.493 e. The van der Waals surface area contributed by atoms with E-state index in [1.807, 2.05) is 4.90 Å². The molecule has 0 aromatic heterocycles. The molecule has 32 heavy (non-hydrogen) atoms. The fraction of sp³-hybridized carbons (Fsp3) is 0.381. The summed E-state index contributed by atoms with van der Waals surface area (Å²) < 4.78 is 50.1. The highest BCUT2D eigenvalue weighted by atomic mass is 32.2. The van der Waals surface area contributed by atoms with Gasteiger partial charge in [-0.25, -0.2) is 17.6 Å². The van der Waals surface area contributed by atoms with E-state index in [1.54, 1.807) is 30.3 Å². The molecule has 1 aliphatic heterocycles. The number of rotatable bonds is 8. The molecule has 11 heteroatoms. The number of benzene rings is 2. The quantitative estimate of drug-likeness (QED) is 0.618. The molecule has 2 N–H and O–H groups in total. The third kappa shape index (κ3) is 6.01. The number of piperazine rings is 1. The number of halogens is 1. The van der Waals surface area contributed by atoms with E-state index >= 15 is 0 Å². The zero-order valence-electron chi connectivity index (χ0n) is 18.0. The summed E-state index contributed by atoms with van der Waals surface area (Å²) in [6.07, 6.45) is 0. The van der Waals surface area contributed by atoms with E-state index in [-0.39, 0.29) is 18.1 Å². The number of hydrogen-bond acceptors (Lipinski definition) is 6. The second-order valence-corrected chi connectivity index (χ2v) is 9.22. The molecular formula is C21H27FN4O5S. The fourth-order valence-electron chi connectivity index (χ4n) is 3.39. The Morgan fingerprint density at radius 3 is 2.28 bits per heavy atom. The molecule has 0 radical (unpaired) electrons. The first-order valence-corrected chi connectivity index (χ1v) is 11.7. The second-order valence-electron chi connectivity index (χ2n) is 7.13. The molecule has 2 aromatic carbocycles. The monoisotopic (exact) mass is 466 g/mol. The van der Waals surface area contributed by atoms with Gasteiger partial charge in [-0.2, -0.15) is 4.31 Å². The van der Waals surface area contributed by atoms with Gasteiger partial charge >= 0.3 is 6.03 Å². The molecule has 2 aromatic rings. The lowest BCUT2D eigenvalue weighted by Crippen LogP contribution is -2.50. The SMILES string of the molecule is COc1ccc(NC(=O)NCCS(=O)(=O)N2CCN(c3ccc(F)cc3)CC2)cc1OC. The predicted octanol–water partition coefficient (Wildman–Crippen LogP) is 2.12. The smallest absolute Gasteiger partial charge is 0.319 e. The van der Waals surface area contributed by atoms with Crippen molar-refractivity contribution in [1.82, 2.24) is 9.62 Å². The van der Waals surface area contributed by atoms with Crippen LogP contribution in [0.2, 0.25) is 0 Å². The molecule has 1 saturated heterocycles. The lowest BCUT2D eigenvalue weighted by molar-refractivity contribution is 0.252. The average Bonchev–Trinajstić information content (AvgIpc) is 2.79. The number of nitrogens with one attached hydrogen (secondary N) is 2. The van der Waals surface area contributed by atoms with Gasteiger partial charge in [0.05, 0.1) is 20.0 Å². The van der Waals surface area contributed by atoms with Crippen LogP contribution in [0.1, 0.15) is 0 Å². The highest BCUT2D eigenvalue weighted by molar-refractivity contribution is 7.89. The molecule has 174 valence electrons. The Bertz CT molecular complexity index is 1020. The van der Waals surface area contributed by atoms with E-state index in [4.69, 9.17) is 9.47 Å². The molecule has 0 bridgehead atoms. The molecule has 0 spiro atoms. The molecule has 0 aliphatic carbocycles. The van der Waals surface area contributed by atoms with Crippen LogP contribution in [0.3, 0.4) is 0 Å². The van der Waals surface area contributed by atoms with E-state index in [0.29, 0.717) is 43.4 Å². The zero-order chi connectivity index (χ0) is 23.1. The van der Waals surface area contributed by atoms with Crippen LogP contribution in [0.15, 0.2) is 42.5 Å². The van der Waals surface area contributed by atoms with Gasteiger partial charge in [0, 0.05) is 50.2 Å². The Morgan fingerprint density at radius 2 is 1.66 bits per heavy atom. The van der Waals surface area contributed by atoms with Gasteiger partial charge in [0.2, 0.25) is 10.0 Å². The minimum absolute atomic E-state index is 0.0281. The third-order valence-electron chi connectivity index (χ3n) is 5.11. The summed E-state index contributed by atoms with van der Waals surface area (Å²) >= 11 is 0. The first kappa shape index (κ1) is 23.6. The van der Waals surface area contributed by atoms with E-state index in [2.05, 4.69) is 10.6 Å². The van der Waals surface area contributed by atoms with Crippen molar-refractivity contribution in [2.24, 2.45) is 0 Å². The lowest BCUT2D eigenvalue weighted by Gasteiger charge is -2.35. The molecule has 0 saturated carbocycles. The molecule has 9 nitrogen and oxygen atoms in total. The van der Waals surface area contributed by atoms with Crippen LogP contribution >= 0.6 is 0 Å². The van der Waals surface area contributed by atoms with Crippen molar-refractivity contribution < 1.29 is 27.1 Å². The molecule has 0 unspecified atom stereocenters. The van der Waals surface area contributed by atoms with Gasteiger partial charge in [-0.1, -0.05) is 0 Å². The van der Waals surface area contributed by atoms with Crippen molar-refractivity contribution in [1.29, 1.82) is 0 Å². The number of anilines is 2. The Hall–Kier alpha value is -3.05. The van der Waals surface area contributed by atoms with Crippen LogP contribution in [-0.4, -0.2) is 71.5 Å². The second kappa shape index (κ2) is 10.5. The topological polar surface area (TPSA) is 100 Å². The number of carbonyl (C=O) groups is 1. The van der Waals surface area contributed by atoms with Crippen LogP contribution in [0, 0.1) is 5.82 Å². The molecule has 1 aliphatic rings. The summed E-state index contributed by atoms with van der Waals surface area (Å²) in [4.78, 5) is 14.1. The lowest BCUT2D eigenvalue weighted by atomic mass is 10.2. The molecule has 2 amide bonds. The highest BCUT2D eigenvalue weighted by Crippen LogP contribution is 2.29. The number of amides is 2. The minimum atomic E-state index is -3.52. The maximum atomic E-state index is 13.1. The van der Waals surface area contributed by atoms with Crippen molar-refractivity contribution in [2.45, 2.75) is 0 Å². The van der Waals surface area contributed by atoms with E-state index in [0.717, 1.165) is 5.69 Å². The summed E-state index contributed by atoms with van der Waals surface area (Å²) in [5.41, 5.74) is 1.34. The summed E-state index contributed by atoms with van der Waals surface area (Å²) in [6, 6.07) is 10.5. The van der Waals surface area contributed by atoms with Crippen LogP contribution in [0.4, 0.5) is 20.6 Å². The van der Waals surface area contributed by atoms with E-state index in [1.165, 1.54) is 30.7 Å². The summed E-state index contributed by atoms with van der Waals surface area (Å²) in [5, 5.41) is 5.19. The third-order valence-corrected chi connectivity index (χ3v) is 6.98. The maximum Gasteiger partial charge on any atom is 0.319 e. The summed E-state index contributed by atoms with van der Waals surface area (Å²) in [6.45, 7) is 1.66. The number of urea groups is 1. The van der Waals surface area contributed by atoms with Gasteiger partial charge in [-0.15, -0.1) is 0 Å². The highest BCUT2D eigenvalue weighted by Gasteiger charge is 2.27. The van der Waals surface area contributed by atoms with Gasteiger partial charge in [-0.3, -0.25) is 0 Å². The Morgan fingerprint density at radius 1 is 1.00 bits per heavy atom. The molecule has 1 heterocycles. The molecule has 3 rings (SSSR count). The van der Waals surface area contributed by atoms with E-state index in [9.17, 15) is 17.6 Å². The average molecular weight is 467 g/mol. The van der Waals surface area contributed by atoms with Crippen molar-refractivity contribution in [3.63, 3.8) is 0 Å². The van der Waals surface area contributed by atoms with Gasteiger partial charge in [0.25, 0.3) is 0 Å². The number of methoxy groups -OCH3 is 2. The van der Waals surface area contributed by atoms with Crippen LogP contribution in [0.5, 0.6) is 11.5 Å². The number of ether oxygens (including phenoxy) is 2. The molecule has 1 fully saturated rings. The molecule has 0 atom stereocenters. The minimum Gasteiger partial charge on any atom is -0.493 e. The van der Waals surface area contributed by atoms with Crippen molar-refractivity contribution in [3.05, 3.63) is 48.3 Å². The van der Waals surface area contributed by atoms with Crippen LogP contribution in [0.25, 0.3) is 0 Å². The molecular weight excluding hydrogens is 439 g/mol. The Balaban J connectivity index is 1.45. The van der Waals surface area contributed by atoms with Gasteiger partial charge in [0.15, 0.2) is 11.5 Å². The van der Waals surface area contributed by atoms with Crippen molar-refractivity contribution in [3.8, 4) is 11.5 Å². The van der Waals surface area contributed by atoms with E-state index < -0.39 is 16.1 Å². The van der Waals surface area contributed by atoms with Gasteiger partial charge in [0.1, 0.15) is 5.82 Å². The standard InChI is InChI=1S/C21H27FN4O5S/c1-30-19-8-5-17(15-20(19)31-2)24-21(27)23-9-14-32(28,29)26-12-10-25(11-13-26)18-6-3-16(22)4-7-18/h3-8,15H,9-14H2,1-2H3,(H2,23,24,27). The number of sulfonamides is 1. The Labute approximate surface area is 187 Å². The summed E-state index contributed by atoms with van der Waals surface area (Å²) in [7, 11) is -0.509.